The molecule has 4 heteroatoms. The van der Waals surface area contributed by atoms with Gasteiger partial charge in [-0.2, -0.15) is 0 Å². The second-order valence-corrected chi connectivity index (χ2v) is 5.92. The first-order valence-electron chi connectivity index (χ1n) is 4.32. The highest BCUT2D eigenvalue weighted by atomic mass is 127. The molecule has 78 valence electrons. The van der Waals surface area contributed by atoms with Gasteiger partial charge in [-0.3, -0.25) is 0 Å². The van der Waals surface area contributed by atoms with E-state index < -0.39 is 5.54 Å². The molecule has 0 saturated carbocycles. The van der Waals surface area contributed by atoms with Crippen LogP contribution < -0.4 is 5.73 Å². The fourth-order valence-electron chi connectivity index (χ4n) is 1.30. The van der Waals surface area contributed by atoms with Gasteiger partial charge in [0.15, 0.2) is 0 Å². The molecule has 0 aromatic heterocycles. The summed E-state index contributed by atoms with van der Waals surface area (Å²) in [4.78, 5) is 0. The predicted molar refractivity (Wildman–Crippen MR) is 75.1 cm³/mol. The Morgan fingerprint density at radius 1 is 1.43 bits per heavy atom. The molecule has 1 aromatic rings. The third-order valence-electron chi connectivity index (χ3n) is 2.17. The average molecular weight is 417 g/mol. The van der Waals surface area contributed by atoms with E-state index in [0.29, 0.717) is 6.42 Å². The lowest BCUT2D eigenvalue weighted by Gasteiger charge is -2.25. The van der Waals surface area contributed by atoms with Crippen LogP contribution in [0.25, 0.3) is 0 Å². The molecule has 1 atom stereocenters. The molecule has 1 aromatic carbocycles. The van der Waals surface area contributed by atoms with Crippen molar-refractivity contribution in [2.75, 3.05) is 6.61 Å². The van der Waals surface area contributed by atoms with Crippen molar-refractivity contribution in [3.8, 4) is 0 Å². The molecule has 0 fully saturated rings. The third-order valence-corrected chi connectivity index (χ3v) is 3.79. The van der Waals surface area contributed by atoms with Crippen LogP contribution in [0, 0.1) is 7.14 Å². The Labute approximate surface area is 112 Å². The number of hydrogen-bond acceptors (Lipinski definition) is 2. The summed E-state index contributed by atoms with van der Waals surface area (Å²) in [7, 11) is 0. The van der Waals surface area contributed by atoms with Crippen molar-refractivity contribution in [1.29, 1.82) is 0 Å². The number of benzene rings is 1. The van der Waals surface area contributed by atoms with Gasteiger partial charge in [-0.25, -0.2) is 0 Å². The maximum atomic E-state index is 8.94. The summed E-state index contributed by atoms with van der Waals surface area (Å²) in [6, 6.07) is 6.19. The van der Waals surface area contributed by atoms with Crippen molar-refractivity contribution in [2.45, 2.75) is 18.9 Å². The molecule has 0 aliphatic heterocycles. The first kappa shape index (κ1) is 12.7. The molecule has 0 heterocycles. The van der Waals surface area contributed by atoms with E-state index in [1.54, 1.807) is 0 Å². The normalized spacial score (nSPS) is 15.2. The van der Waals surface area contributed by atoms with Gasteiger partial charge < -0.3 is 10.8 Å². The Morgan fingerprint density at radius 3 is 2.64 bits per heavy atom. The van der Waals surface area contributed by atoms with E-state index in [4.69, 9.17) is 10.8 Å². The maximum absolute atomic E-state index is 8.94. The van der Waals surface area contributed by atoms with Crippen LogP contribution in [0.4, 0.5) is 0 Å². The molecule has 0 unspecified atom stereocenters. The summed E-state index contributed by atoms with van der Waals surface area (Å²) < 4.78 is 2.33. The van der Waals surface area contributed by atoms with Crippen molar-refractivity contribution in [2.24, 2.45) is 5.73 Å². The number of aliphatic hydroxyl groups is 1. The van der Waals surface area contributed by atoms with Gasteiger partial charge >= 0.3 is 0 Å². The first-order valence-corrected chi connectivity index (χ1v) is 6.48. The number of nitrogens with two attached hydrogens (primary N) is 1. The third kappa shape index (κ3) is 3.04. The highest BCUT2D eigenvalue weighted by Gasteiger charge is 2.22. The minimum Gasteiger partial charge on any atom is -0.396 e. The van der Waals surface area contributed by atoms with Crippen LogP contribution in [0.1, 0.15) is 18.9 Å². The summed E-state index contributed by atoms with van der Waals surface area (Å²) in [5.41, 5.74) is 6.82. The van der Waals surface area contributed by atoms with Gasteiger partial charge in [0, 0.05) is 19.3 Å². The Bertz CT molecular complexity index is 326. The fourth-order valence-corrected chi connectivity index (χ4v) is 2.74. The monoisotopic (exact) mass is 417 g/mol. The Morgan fingerprint density at radius 2 is 2.07 bits per heavy atom. The molecule has 0 aliphatic carbocycles. The predicted octanol–water partition coefficient (Wildman–Crippen LogP) is 2.45. The largest absolute Gasteiger partial charge is 0.396 e. The summed E-state index contributed by atoms with van der Waals surface area (Å²) in [5.74, 6) is 0. The lowest BCUT2D eigenvalue weighted by molar-refractivity contribution is 0.247. The SMILES string of the molecule is C[C@](N)(CCO)c1cc(I)ccc1I. The second kappa shape index (κ2) is 5.09. The summed E-state index contributed by atoms with van der Waals surface area (Å²) in [6.45, 7) is 2.07. The van der Waals surface area contributed by atoms with Gasteiger partial charge in [0.25, 0.3) is 0 Å². The lowest BCUT2D eigenvalue weighted by Crippen LogP contribution is -2.35. The van der Waals surface area contributed by atoms with Gasteiger partial charge in [0.05, 0.1) is 0 Å². The van der Waals surface area contributed by atoms with Crippen LogP contribution in [0.3, 0.4) is 0 Å². The van der Waals surface area contributed by atoms with E-state index in [2.05, 4.69) is 63.4 Å². The molecule has 0 spiro atoms. The number of hydrogen-bond donors (Lipinski definition) is 2. The second-order valence-electron chi connectivity index (χ2n) is 3.52. The summed E-state index contributed by atoms with van der Waals surface area (Å²) >= 11 is 4.55. The minimum absolute atomic E-state index is 0.120. The van der Waals surface area contributed by atoms with E-state index in [-0.39, 0.29) is 6.61 Å². The molecule has 3 N–H and O–H groups in total. The van der Waals surface area contributed by atoms with Gasteiger partial charge in [0.1, 0.15) is 0 Å². The van der Waals surface area contributed by atoms with Crippen LogP contribution in [0.5, 0.6) is 0 Å². The van der Waals surface area contributed by atoms with Crippen molar-refractivity contribution in [1.82, 2.24) is 0 Å². The first-order chi connectivity index (χ1) is 6.47. The molecule has 0 aliphatic rings. The van der Waals surface area contributed by atoms with E-state index in [1.165, 1.54) is 3.57 Å². The highest BCUT2D eigenvalue weighted by Crippen LogP contribution is 2.27. The van der Waals surface area contributed by atoms with Crippen LogP contribution in [-0.2, 0) is 5.54 Å². The van der Waals surface area contributed by atoms with Gasteiger partial charge in [-0.05, 0) is 82.3 Å². The van der Waals surface area contributed by atoms with Gasteiger partial charge in [-0.15, -0.1) is 0 Å². The number of halogens is 2. The topological polar surface area (TPSA) is 46.2 Å². The van der Waals surface area contributed by atoms with E-state index in [9.17, 15) is 0 Å². The standard InChI is InChI=1S/C10H13I2NO/c1-10(13,4-5-14)8-6-7(11)2-3-9(8)12/h2-3,6,14H,4-5,13H2,1H3/t10-/m0/s1. The Balaban J connectivity index is 3.10. The number of rotatable bonds is 3. The molecular formula is C10H13I2NO. The van der Waals surface area contributed by atoms with Crippen molar-refractivity contribution in [3.63, 3.8) is 0 Å². The molecular weight excluding hydrogens is 404 g/mol. The van der Waals surface area contributed by atoms with Crippen LogP contribution in [-0.4, -0.2) is 11.7 Å². The van der Waals surface area contributed by atoms with Crippen LogP contribution in [0.15, 0.2) is 18.2 Å². The molecule has 0 saturated heterocycles. The lowest BCUT2D eigenvalue weighted by atomic mass is 9.90. The van der Waals surface area contributed by atoms with E-state index in [1.807, 2.05) is 6.92 Å². The average Bonchev–Trinajstić information content (AvgIpc) is 2.09. The van der Waals surface area contributed by atoms with Crippen molar-refractivity contribution >= 4 is 45.2 Å². The summed E-state index contributed by atoms with van der Waals surface area (Å²) in [5, 5.41) is 8.94. The molecule has 0 amide bonds. The number of aliphatic hydroxyl groups excluding tert-OH is 1. The van der Waals surface area contributed by atoms with Crippen molar-refractivity contribution in [3.05, 3.63) is 30.9 Å². The van der Waals surface area contributed by atoms with Gasteiger partial charge in [-0.1, -0.05) is 0 Å². The Kier molecular flexibility index (Phi) is 4.60. The van der Waals surface area contributed by atoms with Crippen LogP contribution in [0.2, 0.25) is 0 Å². The smallest absolute Gasteiger partial charge is 0.0451 e. The molecule has 0 bridgehead atoms. The molecule has 14 heavy (non-hydrogen) atoms. The van der Waals surface area contributed by atoms with Gasteiger partial charge in [0.2, 0.25) is 0 Å². The maximum Gasteiger partial charge on any atom is 0.0451 e. The fraction of sp³-hybridized carbons (Fsp3) is 0.400. The van der Waals surface area contributed by atoms with Crippen molar-refractivity contribution < 1.29 is 5.11 Å². The van der Waals surface area contributed by atoms with Crippen LogP contribution >= 0.6 is 45.2 Å². The van der Waals surface area contributed by atoms with E-state index >= 15 is 0 Å². The minimum atomic E-state index is -0.438. The highest BCUT2D eigenvalue weighted by molar-refractivity contribution is 14.1. The van der Waals surface area contributed by atoms with E-state index in [0.717, 1.165) is 9.13 Å². The zero-order valence-electron chi connectivity index (χ0n) is 7.93. The Hall–Kier alpha value is 0.600. The molecule has 1 rings (SSSR count). The zero-order chi connectivity index (χ0) is 10.8. The molecule has 2 nitrogen and oxygen atoms in total. The zero-order valence-corrected chi connectivity index (χ0v) is 12.2. The molecule has 0 radical (unpaired) electrons. The quantitative estimate of drug-likeness (QED) is 0.743. The summed E-state index contributed by atoms with van der Waals surface area (Å²) in [6.07, 6.45) is 0.586.